The number of amides is 1. The van der Waals surface area contributed by atoms with E-state index in [-0.39, 0.29) is 25.3 Å². The minimum absolute atomic E-state index is 0.0466. The standard InChI is InChI=1S/C20H33N5O7/c21-7-12-16(28)17(29)14(24)20(31-12)32-19-10(23)6-11(15(27)18(19)30)25-13(26)5-8-2-1-3-9(22)4-8/h1-4,10-12,14-20,27-30H,5-7,21-24H2,(H,25,26). The Kier molecular flexibility index (Phi) is 8.03. The number of nitrogens with two attached hydrogens (primary N) is 4. The number of nitrogen functional groups attached to an aromatic ring is 1. The van der Waals surface area contributed by atoms with Crippen molar-refractivity contribution in [3.8, 4) is 0 Å². The van der Waals surface area contributed by atoms with E-state index in [9.17, 15) is 25.2 Å². The topological polar surface area (TPSA) is 233 Å². The van der Waals surface area contributed by atoms with Gasteiger partial charge in [-0.25, -0.2) is 0 Å². The summed E-state index contributed by atoms with van der Waals surface area (Å²) < 4.78 is 11.2. The van der Waals surface area contributed by atoms with Gasteiger partial charge in [-0.3, -0.25) is 4.79 Å². The van der Waals surface area contributed by atoms with Crippen molar-refractivity contribution in [3.63, 3.8) is 0 Å². The van der Waals surface area contributed by atoms with Gasteiger partial charge in [0.2, 0.25) is 5.91 Å². The fraction of sp³-hybridized carbons (Fsp3) is 0.650. The minimum Gasteiger partial charge on any atom is -0.399 e. The highest BCUT2D eigenvalue weighted by molar-refractivity contribution is 5.79. The minimum atomic E-state index is -1.47. The molecular weight excluding hydrogens is 422 g/mol. The lowest BCUT2D eigenvalue weighted by Gasteiger charge is -2.46. The molecule has 1 heterocycles. The summed E-state index contributed by atoms with van der Waals surface area (Å²) in [6, 6.07) is 4.15. The second kappa shape index (κ2) is 10.4. The molecule has 1 amide bonds. The van der Waals surface area contributed by atoms with Crippen LogP contribution >= 0.6 is 0 Å². The smallest absolute Gasteiger partial charge is 0.224 e. The molecule has 2 aliphatic rings. The van der Waals surface area contributed by atoms with Gasteiger partial charge in [0.1, 0.15) is 36.6 Å². The number of hydrogen-bond acceptors (Lipinski definition) is 11. The summed E-state index contributed by atoms with van der Waals surface area (Å²) >= 11 is 0. The maximum absolute atomic E-state index is 12.4. The second-order valence-corrected chi connectivity index (χ2v) is 8.41. The molecule has 10 unspecified atom stereocenters. The molecule has 1 aromatic carbocycles. The maximum Gasteiger partial charge on any atom is 0.224 e. The molecule has 10 atom stereocenters. The summed E-state index contributed by atoms with van der Waals surface area (Å²) in [5.41, 5.74) is 24.6. The van der Waals surface area contributed by atoms with E-state index in [0.29, 0.717) is 11.3 Å². The van der Waals surface area contributed by atoms with Gasteiger partial charge in [-0.1, -0.05) is 12.1 Å². The number of hydrogen-bond donors (Lipinski definition) is 9. The Morgan fingerprint density at radius 1 is 1.12 bits per heavy atom. The van der Waals surface area contributed by atoms with Gasteiger partial charge in [-0.15, -0.1) is 0 Å². The third-order valence-corrected chi connectivity index (χ3v) is 5.98. The number of ether oxygens (including phenoxy) is 2. The summed E-state index contributed by atoms with van der Waals surface area (Å²) in [7, 11) is 0. The number of aliphatic hydroxyl groups is 4. The fourth-order valence-corrected chi connectivity index (χ4v) is 4.15. The van der Waals surface area contributed by atoms with Crippen LogP contribution in [0.2, 0.25) is 0 Å². The lowest BCUT2D eigenvalue weighted by molar-refractivity contribution is -0.288. The second-order valence-electron chi connectivity index (χ2n) is 8.41. The molecule has 2 fully saturated rings. The number of carbonyl (C=O) groups excluding carboxylic acids is 1. The summed E-state index contributed by atoms with van der Waals surface area (Å²) in [5, 5.41) is 44.0. The van der Waals surface area contributed by atoms with E-state index in [4.69, 9.17) is 32.4 Å². The van der Waals surface area contributed by atoms with Crippen molar-refractivity contribution in [2.24, 2.45) is 17.2 Å². The van der Waals surface area contributed by atoms with E-state index >= 15 is 0 Å². The molecule has 1 saturated carbocycles. The fourth-order valence-electron chi connectivity index (χ4n) is 4.15. The number of carbonyl (C=O) groups is 1. The molecule has 1 saturated heterocycles. The molecule has 32 heavy (non-hydrogen) atoms. The number of nitrogens with one attached hydrogen (secondary N) is 1. The van der Waals surface area contributed by atoms with Gasteiger partial charge in [-0.05, 0) is 24.1 Å². The Hall–Kier alpha value is -1.87. The van der Waals surface area contributed by atoms with Crippen molar-refractivity contribution in [2.45, 2.75) is 73.9 Å². The molecule has 12 nitrogen and oxygen atoms in total. The third-order valence-electron chi connectivity index (χ3n) is 5.98. The number of rotatable bonds is 6. The van der Waals surface area contributed by atoms with Crippen molar-refractivity contribution in [1.29, 1.82) is 0 Å². The first-order valence-electron chi connectivity index (χ1n) is 10.5. The van der Waals surface area contributed by atoms with Crippen molar-refractivity contribution in [1.82, 2.24) is 5.32 Å². The van der Waals surface area contributed by atoms with E-state index in [1.54, 1.807) is 24.3 Å². The van der Waals surface area contributed by atoms with E-state index in [1.165, 1.54) is 0 Å². The van der Waals surface area contributed by atoms with Crippen LogP contribution in [0.5, 0.6) is 0 Å². The predicted octanol–water partition coefficient (Wildman–Crippen LogP) is -4.13. The van der Waals surface area contributed by atoms with Gasteiger partial charge in [-0.2, -0.15) is 0 Å². The first kappa shape index (κ1) is 24.8. The Labute approximate surface area is 185 Å². The van der Waals surface area contributed by atoms with Crippen molar-refractivity contribution >= 4 is 11.6 Å². The van der Waals surface area contributed by atoms with Gasteiger partial charge in [0.15, 0.2) is 6.29 Å². The molecular formula is C20H33N5O7. The normalized spacial score (nSPS) is 40.1. The van der Waals surface area contributed by atoms with Crippen LogP contribution in [0.4, 0.5) is 5.69 Å². The van der Waals surface area contributed by atoms with Crippen LogP contribution in [0.3, 0.4) is 0 Å². The van der Waals surface area contributed by atoms with Crippen LogP contribution in [0.25, 0.3) is 0 Å². The largest absolute Gasteiger partial charge is 0.399 e. The Morgan fingerprint density at radius 3 is 2.50 bits per heavy atom. The highest BCUT2D eigenvalue weighted by Crippen LogP contribution is 2.27. The first-order valence-corrected chi connectivity index (χ1v) is 10.5. The Morgan fingerprint density at radius 2 is 1.84 bits per heavy atom. The zero-order valence-corrected chi connectivity index (χ0v) is 17.5. The van der Waals surface area contributed by atoms with E-state index in [2.05, 4.69) is 5.32 Å². The van der Waals surface area contributed by atoms with E-state index < -0.39 is 61.0 Å². The Balaban J connectivity index is 1.61. The third kappa shape index (κ3) is 5.36. The zero-order valence-electron chi connectivity index (χ0n) is 17.5. The summed E-state index contributed by atoms with van der Waals surface area (Å²) in [4.78, 5) is 12.4. The molecule has 0 spiro atoms. The molecule has 0 bridgehead atoms. The highest BCUT2D eigenvalue weighted by atomic mass is 16.7. The van der Waals surface area contributed by atoms with Gasteiger partial charge >= 0.3 is 0 Å². The monoisotopic (exact) mass is 455 g/mol. The number of anilines is 1. The number of aliphatic hydroxyl groups excluding tert-OH is 4. The molecule has 0 radical (unpaired) electrons. The van der Waals surface area contributed by atoms with Crippen LogP contribution in [0.15, 0.2) is 24.3 Å². The van der Waals surface area contributed by atoms with Gasteiger partial charge in [0.05, 0.1) is 18.5 Å². The van der Waals surface area contributed by atoms with Crippen molar-refractivity contribution in [2.75, 3.05) is 12.3 Å². The zero-order chi connectivity index (χ0) is 23.6. The van der Waals surface area contributed by atoms with Crippen LogP contribution in [0, 0.1) is 0 Å². The molecule has 180 valence electrons. The van der Waals surface area contributed by atoms with Crippen LogP contribution in [0.1, 0.15) is 12.0 Å². The molecule has 1 aliphatic heterocycles. The van der Waals surface area contributed by atoms with Crippen LogP contribution in [-0.2, 0) is 20.7 Å². The SMILES string of the molecule is NCC1OC(OC2C(N)CC(NC(=O)Cc3cccc(N)c3)C(O)C2O)C(N)C(O)C1O. The Bertz CT molecular complexity index is 784. The molecule has 13 N–H and O–H groups in total. The van der Waals surface area contributed by atoms with Crippen LogP contribution in [-0.4, -0.2) is 93.9 Å². The first-order chi connectivity index (χ1) is 15.1. The number of benzene rings is 1. The molecule has 0 aromatic heterocycles. The van der Waals surface area contributed by atoms with Crippen molar-refractivity contribution in [3.05, 3.63) is 29.8 Å². The van der Waals surface area contributed by atoms with Crippen LogP contribution < -0.4 is 28.3 Å². The average Bonchev–Trinajstić information content (AvgIpc) is 2.74. The lowest BCUT2D eigenvalue weighted by Crippen LogP contribution is -2.68. The summed E-state index contributed by atoms with van der Waals surface area (Å²) in [6.45, 7) is -0.0894. The predicted molar refractivity (Wildman–Crippen MR) is 114 cm³/mol. The quantitative estimate of drug-likeness (QED) is 0.187. The highest BCUT2D eigenvalue weighted by Gasteiger charge is 2.48. The van der Waals surface area contributed by atoms with Gasteiger partial charge < -0.3 is 58.2 Å². The van der Waals surface area contributed by atoms with E-state index in [0.717, 1.165) is 0 Å². The maximum atomic E-state index is 12.4. The molecule has 1 aromatic rings. The lowest BCUT2D eigenvalue weighted by atomic mass is 9.84. The summed E-state index contributed by atoms with van der Waals surface area (Å²) in [6.07, 6.45) is -8.55. The molecule has 1 aliphatic carbocycles. The van der Waals surface area contributed by atoms with Gasteiger partial charge in [0.25, 0.3) is 0 Å². The van der Waals surface area contributed by atoms with Crippen molar-refractivity contribution < 1.29 is 34.7 Å². The molecule has 12 heteroatoms. The van der Waals surface area contributed by atoms with Gasteiger partial charge in [0, 0.05) is 18.3 Å². The average molecular weight is 456 g/mol. The van der Waals surface area contributed by atoms with E-state index in [1.807, 2.05) is 0 Å². The summed E-state index contributed by atoms with van der Waals surface area (Å²) in [5.74, 6) is -0.362. The molecule has 3 rings (SSSR count).